The predicted octanol–water partition coefficient (Wildman–Crippen LogP) is 0.227. The van der Waals surface area contributed by atoms with Gasteiger partial charge in [-0.3, -0.25) is 0 Å². The van der Waals surface area contributed by atoms with Crippen LogP contribution in [0.5, 0.6) is 0 Å². The number of ether oxygens (including phenoxy) is 3. The lowest BCUT2D eigenvalue weighted by molar-refractivity contribution is -0.153. The molecule has 2 aliphatic heterocycles. The van der Waals surface area contributed by atoms with Crippen molar-refractivity contribution in [2.45, 2.75) is 38.8 Å². The average Bonchev–Trinajstić information content (AvgIpc) is 2.98. The zero-order valence-electron chi connectivity index (χ0n) is 12.6. The van der Waals surface area contributed by atoms with Crippen LogP contribution in [0.1, 0.15) is 26.7 Å². The van der Waals surface area contributed by atoms with Gasteiger partial charge in [-0.05, 0) is 26.7 Å². The molecule has 2 amide bonds. The first kappa shape index (κ1) is 16.3. The molecule has 2 N–H and O–H groups in total. The Morgan fingerprint density at radius 2 is 2.14 bits per heavy atom. The first-order valence-corrected chi connectivity index (χ1v) is 7.28. The van der Waals surface area contributed by atoms with E-state index in [1.807, 2.05) is 0 Å². The van der Waals surface area contributed by atoms with Crippen molar-refractivity contribution in [1.82, 2.24) is 10.6 Å². The molecule has 1 saturated heterocycles. The van der Waals surface area contributed by atoms with E-state index in [1.165, 1.54) is 0 Å². The number of hydrogen-bond donors (Lipinski definition) is 2. The van der Waals surface area contributed by atoms with Gasteiger partial charge in [0.25, 0.3) is 0 Å². The van der Waals surface area contributed by atoms with Crippen LogP contribution in [0.25, 0.3) is 0 Å². The fourth-order valence-electron chi connectivity index (χ4n) is 2.39. The number of urea groups is 1. The molecule has 8 heteroatoms. The summed E-state index contributed by atoms with van der Waals surface area (Å²) < 4.78 is 15.3. The molecule has 0 spiro atoms. The van der Waals surface area contributed by atoms with Crippen LogP contribution in [-0.2, 0) is 23.8 Å². The Labute approximate surface area is 128 Å². The van der Waals surface area contributed by atoms with Crippen LogP contribution in [0, 0.1) is 0 Å². The Bertz CT molecular complexity index is 496. The molecule has 0 bridgehead atoms. The van der Waals surface area contributed by atoms with Gasteiger partial charge in [-0.2, -0.15) is 0 Å². The van der Waals surface area contributed by atoms with Gasteiger partial charge in [0.2, 0.25) is 0 Å². The van der Waals surface area contributed by atoms with Gasteiger partial charge in [0.1, 0.15) is 6.61 Å². The summed E-state index contributed by atoms with van der Waals surface area (Å²) in [5.41, 5.74) is 0.489. The van der Waals surface area contributed by atoms with Crippen LogP contribution in [-0.4, -0.2) is 49.9 Å². The summed E-state index contributed by atoms with van der Waals surface area (Å²) in [5.74, 6) is -1.04. The Morgan fingerprint density at radius 1 is 1.36 bits per heavy atom. The summed E-state index contributed by atoms with van der Waals surface area (Å²) in [5, 5.41) is 5.06. The van der Waals surface area contributed by atoms with Crippen molar-refractivity contribution in [3.05, 3.63) is 11.3 Å². The highest BCUT2D eigenvalue weighted by molar-refractivity contribution is 5.94. The van der Waals surface area contributed by atoms with Crippen molar-refractivity contribution < 1.29 is 28.6 Å². The molecule has 2 rings (SSSR count). The largest absolute Gasteiger partial charge is 0.463 e. The van der Waals surface area contributed by atoms with Crippen LogP contribution in [0.15, 0.2) is 11.3 Å². The molecular weight excluding hydrogens is 292 g/mol. The van der Waals surface area contributed by atoms with Gasteiger partial charge in [0, 0.05) is 6.61 Å². The monoisotopic (exact) mass is 312 g/mol. The number of esters is 2. The van der Waals surface area contributed by atoms with E-state index in [4.69, 9.17) is 14.2 Å². The van der Waals surface area contributed by atoms with E-state index < -0.39 is 30.1 Å². The number of hydrogen-bond acceptors (Lipinski definition) is 6. The van der Waals surface area contributed by atoms with Gasteiger partial charge in [0.05, 0.1) is 23.9 Å². The highest BCUT2D eigenvalue weighted by Gasteiger charge is 2.31. The van der Waals surface area contributed by atoms with Gasteiger partial charge < -0.3 is 24.8 Å². The van der Waals surface area contributed by atoms with E-state index in [0.717, 1.165) is 6.42 Å². The fourth-order valence-corrected chi connectivity index (χ4v) is 2.39. The Morgan fingerprint density at radius 3 is 2.77 bits per heavy atom. The fraction of sp³-hybridized carbons (Fsp3) is 0.643. The van der Waals surface area contributed by atoms with Crippen molar-refractivity contribution in [1.29, 1.82) is 0 Å². The van der Waals surface area contributed by atoms with Crippen LogP contribution in [0.4, 0.5) is 4.79 Å². The molecule has 0 aromatic rings. The van der Waals surface area contributed by atoms with Gasteiger partial charge in [0.15, 0.2) is 6.10 Å². The zero-order valence-corrected chi connectivity index (χ0v) is 12.6. The molecule has 0 aromatic carbocycles. The van der Waals surface area contributed by atoms with Crippen molar-refractivity contribution >= 4 is 18.0 Å². The first-order valence-electron chi connectivity index (χ1n) is 7.28. The van der Waals surface area contributed by atoms with Crippen LogP contribution in [0.2, 0.25) is 0 Å². The highest BCUT2D eigenvalue weighted by Crippen LogP contribution is 2.17. The number of rotatable bonds is 5. The smallest absolute Gasteiger partial charge is 0.338 e. The first-order chi connectivity index (χ1) is 10.5. The number of carbonyl (C=O) groups excluding carboxylic acids is 3. The van der Waals surface area contributed by atoms with Crippen LogP contribution in [0.3, 0.4) is 0 Å². The third-order valence-corrected chi connectivity index (χ3v) is 3.42. The normalized spacial score (nSPS) is 24.5. The van der Waals surface area contributed by atoms with Crippen LogP contribution < -0.4 is 10.6 Å². The Hall–Kier alpha value is -2.09. The maximum absolute atomic E-state index is 12.0. The van der Waals surface area contributed by atoms with Crippen molar-refractivity contribution in [3.8, 4) is 0 Å². The average molecular weight is 312 g/mol. The number of amides is 2. The topological polar surface area (TPSA) is 103 Å². The maximum atomic E-state index is 12.0. The molecule has 2 atom stereocenters. The molecule has 1 fully saturated rings. The van der Waals surface area contributed by atoms with Crippen LogP contribution >= 0.6 is 0 Å². The second-order valence-corrected chi connectivity index (χ2v) is 5.04. The standard InChI is InChI=1S/C14H20N2O6/c1-3-20-13(18)11-8(2)15-14(19)16-9(11)7-22-12(17)10-5-4-6-21-10/h8,10H,3-7H2,1-2H3,(H2,15,16,19)/t8-,10+/m1/s1. The molecular formula is C14H20N2O6. The number of carbonyl (C=O) groups is 3. The lowest BCUT2D eigenvalue weighted by Crippen LogP contribution is -2.50. The van der Waals surface area contributed by atoms with Crippen molar-refractivity contribution in [2.24, 2.45) is 0 Å². The van der Waals surface area contributed by atoms with Gasteiger partial charge in [-0.1, -0.05) is 0 Å². The minimum atomic E-state index is -0.568. The highest BCUT2D eigenvalue weighted by atomic mass is 16.6. The summed E-state index contributed by atoms with van der Waals surface area (Å²) >= 11 is 0. The third-order valence-electron chi connectivity index (χ3n) is 3.42. The zero-order chi connectivity index (χ0) is 16.1. The lowest BCUT2D eigenvalue weighted by Gasteiger charge is -2.26. The summed E-state index contributed by atoms with van der Waals surface area (Å²) in [7, 11) is 0. The third kappa shape index (κ3) is 3.76. The molecule has 22 heavy (non-hydrogen) atoms. The van der Waals surface area contributed by atoms with Gasteiger partial charge >= 0.3 is 18.0 Å². The van der Waals surface area contributed by atoms with Crippen molar-refractivity contribution in [3.63, 3.8) is 0 Å². The maximum Gasteiger partial charge on any atom is 0.338 e. The summed E-state index contributed by atoms with van der Waals surface area (Å²) in [6.07, 6.45) is 0.864. The van der Waals surface area contributed by atoms with E-state index in [1.54, 1.807) is 13.8 Å². The molecule has 0 unspecified atom stereocenters. The molecule has 8 nitrogen and oxygen atoms in total. The summed E-state index contributed by atoms with van der Waals surface area (Å²) in [6.45, 7) is 3.90. The second kappa shape index (κ2) is 7.26. The minimum absolute atomic E-state index is 0.204. The molecule has 0 saturated carbocycles. The summed E-state index contributed by atoms with van der Waals surface area (Å²) in [4.78, 5) is 35.4. The molecule has 0 aliphatic carbocycles. The Balaban J connectivity index is 2.07. The molecule has 0 aromatic heterocycles. The molecule has 0 radical (unpaired) electrons. The Kier molecular flexibility index (Phi) is 5.37. The molecule has 2 heterocycles. The molecule has 2 aliphatic rings. The van der Waals surface area contributed by atoms with E-state index >= 15 is 0 Å². The van der Waals surface area contributed by atoms with Crippen molar-refractivity contribution in [2.75, 3.05) is 19.8 Å². The quantitative estimate of drug-likeness (QED) is 0.704. The summed E-state index contributed by atoms with van der Waals surface area (Å²) in [6, 6.07) is -0.979. The van der Waals surface area contributed by atoms with E-state index in [2.05, 4.69) is 10.6 Å². The van der Waals surface area contributed by atoms with Gasteiger partial charge in [-0.15, -0.1) is 0 Å². The van der Waals surface area contributed by atoms with E-state index in [9.17, 15) is 14.4 Å². The predicted molar refractivity (Wildman–Crippen MR) is 74.7 cm³/mol. The van der Waals surface area contributed by atoms with Gasteiger partial charge in [-0.25, -0.2) is 14.4 Å². The number of nitrogens with one attached hydrogen (secondary N) is 2. The SMILES string of the molecule is CCOC(=O)C1=C(COC(=O)[C@@H]2CCCO2)NC(=O)N[C@@H]1C. The lowest BCUT2D eigenvalue weighted by atomic mass is 10.0. The minimum Gasteiger partial charge on any atom is -0.463 e. The van der Waals surface area contributed by atoms with E-state index in [-0.39, 0.29) is 24.5 Å². The molecule has 122 valence electrons. The van der Waals surface area contributed by atoms with E-state index in [0.29, 0.717) is 13.0 Å². The second-order valence-electron chi connectivity index (χ2n) is 5.04.